The van der Waals surface area contributed by atoms with Crippen molar-refractivity contribution in [2.24, 2.45) is 0 Å². The fraction of sp³-hybridized carbons (Fsp3) is 0.632. The molecule has 0 spiro atoms. The van der Waals surface area contributed by atoms with Crippen LogP contribution in [0.5, 0.6) is 0 Å². The molecule has 2 aromatic heterocycles. The molecule has 7 nitrogen and oxygen atoms in total. The van der Waals surface area contributed by atoms with E-state index in [4.69, 9.17) is 34.1 Å². The Balaban J connectivity index is 1.71. The van der Waals surface area contributed by atoms with Crippen LogP contribution in [0.15, 0.2) is 11.2 Å². The third kappa shape index (κ3) is 4.09. The van der Waals surface area contributed by atoms with E-state index in [-0.39, 0.29) is 24.3 Å². The minimum atomic E-state index is 0.213. The van der Waals surface area contributed by atoms with Gasteiger partial charge in [0.15, 0.2) is 5.82 Å². The SMILES string of the molecule is CC1CCCc2nn(C3CC(C)OC(C)C3)c(S)c2Nc2ncc(Cl)c(n2)N1. The third-order valence-electron chi connectivity index (χ3n) is 5.39. The van der Waals surface area contributed by atoms with Gasteiger partial charge in [0.2, 0.25) is 5.95 Å². The first-order chi connectivity index (χ1) is 13.4. The number of anilines is 3. The number of nitrogens with zero attached hydrogens (tertiary/aromatic N) is 4. The summed E-state index contributed by atoms with van der Waals surface area (Å²) in [5, 5.41) is 13.0. The molecular weight excluding hydrogens is 396 g/mol. The van der Waals surface area contributed by atoms with Gasteiger partial charge in [-0.15, -0.1) is 12.6 Å². The Labute approximate surface area is 176 Å². The Morgan fingerprint density at radius 3 is 2.75 bits per heavy atom. The van der Waals surface area contributed by atoms with Crippen molar-refractivity contribution >= 4 is 41.7 Å². The average Bonchev–Trinajstić information content (AvgIpc) is 2.92. The number of hydrogen-bond acceptors (Lipinski definition) is 7. The Morgan fingerprint density at radius 1 is 1.25 bits per heavy atom. The number of thiol groups is 1. The normalized spacial score (nSPS) is 27.9. The zero-order chi connectivity index (χ0) is 19.8. The smallest absolute Gasteiger partial charge is 0.229 e. The van der Waals surface area contributed by atoms with E-state index in [0.29, 0.717) is 16.8 Å². The predicted molar refractivity (Wildman–Crippen MR) is 114 cm³/mol. The number of fused-ring (bicyclic) bond motifs is 3. The molecule has 2 N–H and O–H groups in total. The van der Waals surface area contributed by atoms with Gasteiger partial charge in [-0.1, -0.05) is 11.6 Å². The maximum atomic E-state index is 6.26. The molecule has 0 aliphatic carbocycles. The van der Waals surface area contributed by atoms with E-state index in [0.717, 1.165) is 48.5 Å². The van der Waals surface area contributed by atoms with Crippen LogP contribution in [-0.2, 0) is 11.2 Å². The highest BCUT2D eigenvalue weighted by atomic mass is 35.5. The summed E-state index contributed by atoms with van der Waals surface area (Å²) in [5.74, 6) is 1.14. The molecular formula is C19H27ClN6OS. The molecule has 2 aliphatic heterocycles. The molecule has 2 aromatic rings. The van der Waals surface area contributed by atoms with Gasteiger partial charge in [-0.25, -0.2) is 4.98 Å². The number of aromatic nitrogens is 4. The molecule has 0 amide bonds. The fourth-order valence-electron chi connectivity index (χ4n) is 4.12. The number of hydrogen-bond donors (Lipinski definition) is 3. The van der Waals surface area contributed by atoms with Crippen LogP contribution in [0.2, 0.25) is 5.02 Å². The number of nitrogens with one attached hydrogen (secondary N) is 2. The second-order valence-electron chi connectivity index (χ2n) is 7.93. The minimum Gasteiger partial charge on any atom is -0.375 e. The first kappa shape index (κ1) is 19.8. The Bertz CT molecular complexity index is 849. The molecule has 4 rings (SSSR count). The molecule has 9 heteroatoms. The van der Waals surface area contributed by atoms with E-state index in [9.17, 15) is 0 Å². The van der Waals surface area contributed by atoms with Crippen LogP contribution >= 0.6 is 24.2 Å². The summed E-state index contributed by atoms with van der Waals surface area (Å²) in [6.07, 6.45) is 6.78. The van der Waals surface area contributed by atoms with Crippen molar-refractivity contribution in [3.05, 3.63) is 16.9 Å². The maximum Gasteiger partial charge on any atom is 0.229 e. The first-order valence-electron chi connectivity index (χ1n) is 9.92. The van der Waals surface area contributed by atoms with E-state index < -0.39 is 0 Å². The van der Waals surface area contributed by atoms with Crippen LogP contribution in [0, 0.1) is 0 Å². The van der Waals surface area contributed by atoms with Crippen LogP contribution in [0.4, 0.5) is 17.5 Å². The van der Waals surface area contributed by atoms with Crippen molar-refractivity contribution < 1.29 is 4.74 Å². The van der Waals surface area contributed by atoms with E-state index in [1.807, 2.05) is 0 Å². The van der Waals surface area contributed by atoms with Crippen molar-refractivity contribution in [3.63, 3.8) is 0 Å². The molecule has 28 heavy (non-hydrogen) atoms. The van der Waals surface area contributed by atoms with Crippen molar-refractivity contribution in [3.8, 4) is 0 Å². The monoisotopic (exact) mass is 422 g/mol. The van der Waals surface area contributed by atoms with E-state index >= 15 is 0 Å². The molecule has 0 saturated carbocycles. The predicted octanol–water partition coefficient (Wildman–Crippen LogP) is 4.62. The van der Waals surface area contributed by atoms with Crippen LogP contribution in [0.1, 0.15) is 58.2 Å². The highest BCUT2D eigenvalue weighted by molar-refractivity contribution is 7.80. The van der Waals surface area contributed by atoms with Gasteiger partial charge in [0.05, 0.1) is 35.8 Å². The fourth-order valence-corrected chi connectivity index (χ4v) is 4.66. The summed E-state index contributed by atoms with van der Waals surface area (Å²) in [6.45, 7) is 6.37. The Kier molecular flexibility index (Phi) is 5.71. The van der Waals surface area contributed by atoms with Crippen LogP contribution in [0.25, 0.3) is 0 Å². The lowest BCUT2D eigenvalue weighted by Crippen LogP contribution is -2.31. The number of ether oxygens (including phenoxy) is 1. The largest absolute Gasteiger partial charge is 0.375 e. The third-order valence-corrected chi connectivity index (χ3v) is 6.10. The zero-order valence-corrected chi connectivity index (χ0v) is 18.1. The van der Waals surface area contributed by atoms with Gasteiger partial charge in [0.1, 0.15) is 10.0 Å². The van der Waals surface area contributed by atoms with Gasteiger partial charge < -0.3 is 15.4 Å². The van der Waals surface area contributed by atoms with Crippen molar-refractivity contribution in [1.82, 2.24) is 19.7 Å². The lowest BCUT2D eigenvalue weighted by molar-refractivity contribution is -0.0520. The molecule has 0 radical (unpaired) electrons. The standard InChI is InChI=1S/C19H27ClN6OS/c1-10-5-4-6-15-16(23-19-21-9-14(20)17(22-10)24-19)18(28)26(25-15)13-7-11(2)27-12(3)8-13/h9-13,28H,4-8H2,1-3H3,(H2,21,22,23,24). The molecule has 1 fully saturated rings. The average molecular weight is 423 g/mol. The molecule has 2 aliphatic rings. The zero-order valence-electron chi connectivity index (χ0n) is 16.4. The summed E-state index contributed by atoms with van der Waals surface area (Å²) in [5.41, 5.74) is 1.89. The molecule has 3 unspecified atom stereocenters. The summed E-state index contributed by atoms with van der Waals surface area (Å²) >= 11 is 11.1. The van der Waals surface area contributed by atoms with Crippen LogP contribution in [-0.4, -0.2) is 38.0 Å². The van der Waals surface area contributed by atoms with Gasteiger partial charge in [-0.05, 0) is 52.9 Å². The van der Waals surface area contributed by atoms with Crippen LogP contribution in [0.3, 0.4) is 0 Å². The van der Waals surface area contributed by atoms with Gasteiger partial charge in [0, 0.05) is 6.04 Å². The van der Waals surface area contributed by atoms with E-state index in [1.54, 1.807) is 6.20 Å². The second-order valence-corrected chi connectivity index (χ2v) is 8.76. The molecule has 2 bridgehead atoms. The summed E-state index contributed by atoms with van der Waals surface area (Å²) < 4.78 is 7.95. The van der Waals surface area contributed by atoms with Crippen molar-refractivity contribution in [2.75, 3.05) is 10.6 Å². The van der Waals surface area contributed by atoms with E-state index in [2.05, 4.69) is 46.1 Å². The molecule has 4 heterocycles. The van der Waals surface area contributed by atoms with Gasteiger partial charge >= 0.3 is 0 Å². The number of aryl methyl sites for hydroxylation is 1. The molecule has 1 saturated heterocycles. The lowest BCUT2D eigenvalue weighted by atomic mass is 10.0. The highest BCUT2D eigenvalue weighted by Crippen LogP contribution is 2.36. The summed E-state index contributed by atoms with van der Waals surface area (Å²) in [7, 11) is 0. The van der Waals surface area contributed by atoms with Crippen LogP contribution < -0.4 is 10.6 Å². The maximum absolute atomic E-state index is 6.26. The van der Waals surface area contributed by atoms with Gasteiger partial charge in [-0.2, -0.15) is 10.1 Å². The van der Waals surface area contributed by atoms with E-state index in [1.165, 1.54) is 0 Å². The molecule has 152 valence electrons. The molecule has 0 aromatic carbocycles. The highest BCUT2D eigenvalue weighted by Gasteiger charge is 2.29. The summed E-state index contributed by atoms with van der Waals surface area (Å²) in [6, 6.07) is 0.535. The van der Waals surface area contributed by atoms with Crippen molar-refractivity contribution in [2.45, 2.75) is 82.2 Å². The number of rotatable bonds is 1. The van der Waals surface area contributed by atoms with Crippen molar-refractivity contribution in [1.29, 1.82) is 0 Å². The Hall–Kier alpha value is -1.51. The summed E-state index contributed by atoms with van der Waals surface area (Å²) in [4.78, 5) is 8.89. The van der Waals surface area contributed by atoms with Gasteiger partial charge in [-0.3, -0.25) is 4.68 Å². The minimum absolute atomic E-state index is 0.213. The lowest BCUT2D eigenvalue weighted by Gasteiger charge is -2.32. The molecule has 3 atom stereocenters. The quantitative estimate of drug-likeness (QED) is 0.582. The first-order valence-corrected chi connectivity index (χ1v) is 10.7. The second kappa shape index (κ2) is 8.08. The topological polar surface area (TPSA) is 76.9 Å². The Morgan fingerprint density at radius 2 is 2.00 bits per heavy atom. The number of halogens is 1. The van der Waals surface area contributed by atoms with Gasteiger partial charge in [0.25, 0.3) is 0 Å².